The van der Waals surface area contributed by atoms with Crippen LogP contribution in [0.5, 0.6) is 11.5 Å². The molecule has 0 aliphatic heterocycles. The second-order valence-corrected chi connectivity index (χ2v) is 15.4. The van der Waals surface area contributed by atoms with E-state index >= 15 is 0 Å². The number of H-pyrrole nitrogens is 2. The predicted octanol–water partition coefficient (Wildman–Crippen LogP) is 6.91. The Morgan fingerprint density at radius 3 is 1.83 bits per heavy atom. The van der Waals surface area contributed by atoms with E-state index in [0.717, 1.165) is 89.2 Å². The van der Waals surface area contributed by atoms with Crippen LogP contribution in [0.25, 0.3) is 22.1 Å². The number of imidazole rings is 2. The van der Waals surface area contributed by atoms with Crippen molar-refractivity contribution in [1.82, 2.24) is 29.9 Å². The first-order chi connectivity index (χ1) is 23.0. The van der Waals surface area contributed by atoms with Gasteiger partial charge in [0.05, 0.1) is 60.9 Å². The Hall–Kier alpha value is -4.14. The molecule has 6 aromatic rings. The maximum absolute atomic E-state index is 11.1. The van der Waals surface area contributed by atoms with Crippen molar-refractivity contribution in [2.45, 2.75) is 62.7 Å². The molecular weight excluding hydrogens is 649 g/mol. The van der Waals surface area contributed by atoms with Gasteiger partial charge < -0.3 is 34.2 Å². The lowest BCUT2D eigenvalue weighted by Gasteiger charge is -2.27. The molecule has 48 heavy (non-hydrogen) atoms. The number of fused-ring (bicyclic) bond motifs is 2. The highest BCUT2D eigenvalue weighted by molar-refractivity contribution is 8.27. The minimum absolute atomic E-state index is 0.0280. The van der Waals surface area contributed by atoms with Gasteiger partial charge in [0, 0.05) is 46.2 Å². The number of ether oxygens (including phenoxy) is 2. The van der Waals surface area contributed by atoms with E-state index in [1.165, 1.54) is 0 Å². The second kappa shape index (κ2) is 15.0. The minimum atomic E-state index is -2.20. The van der Waals surface area contributed by atoms with Crippen LogP contribution in [-0.4, -0.2) is 65.1 Å². The third-order valence-electron chi connectivity index (χ3n) is 8.09. The summed E-state index contributed by atoms with van der Waals surface area (Å²) in [4.78, 5) is 24.6. The summed E-state index contributed by atoms with van der Waals surface area (Å²) in [6.45, 7) is 7.93. The highest BCUT2D eigenvalue weighted by Gasteiger charge is 2.25. The van der Waals surface area contributed by atoms with Gasteiger partial charge in [-0.15, -0.1) is 0 Å². The zero-order chi connectivity index (χ0) is 34.6. The van der Waals surface area contributed by atoms with E-state index in [-0.39, 0.29) is 13.2 Å². The molecule has 0 spiro atoms. The molecule has 13 heteroatoms. The van der Waals surface area contributed by atoms with Crippen molar-refractivity contribution in [1.29, 1.82) is 0 Å². The van der Waals surface area contributed by atoms with Crippen LogP contribution in [-0.2, 0) is 24.7 Å². The molecule has 5 N–H and O–H groups in total. The largest absolute Gasteiger partial charge is 0.496 e. The van der Waals surface area contributed by atoms with Crippen molar-refractivity contribution in [3.8, 4) is 11.5 Å². The third kappa shape index (κ3) is 7.61. The average molecular weight is 691 g/mol. The Bertz CT molecular complexity index is 2060. The van der Waals surface area contributed by atoms with Crippen molar-refractivity contribution in [2.24, 2.45) is 0 Å². The number of nitrogens with zero attached hydrogens (tertiary/aromatic N) is 4. The summed E-state index contributed by atoms with van der Waals surface area (Å²) in [7, 11) is 1.12. The third-order valence-corrected chi connectivity index (χ3v) is 10.8. The molecule has 0 bridgehead atoms. The highest BCUT2D eigenvalue weighted by atomic mass is 32.3. The van der Waals surface area contributed by atoms with E-state index in [4.69, 9.17) is 9.47 Å². The zero-order valence-electron chi connectivity index (χ0n) is 28.2. The number of aliphatic hydroxyl groups is 2. The summed E-state index contributed by atoms with van der Waals surface area (Å²) in [6, 6.07) is 11.2. The summed E-state index contributed by atoms with van der Waals surface area (Å²) in [5.74, 6) is 2.81. The van der Waals surface area contributed by atoms with Crippen LogP contribution >= 0.6 is 22.1 Å². The smallest absolute Gasteiger partial charge is 0.171 e. The van der Waals surface area contributed by atoms with Crippen LogP contribution in [0.1, 0.15) is 44.8 Å². The van der Waals surface area contributed by atoms with Gasteiger partial charge in [-0.25, -0.2) is 9.97 Å². The number of thioether (sulfide) groups is 1. The molecule has 0 aliphatic carbocycles. The van der Waals surface area contributed by atoms with E-state index in [1.54, 1.807) is 38.4 Å². The monoisotopic (exact) mass is 690 g/mol. The van der Waals surface area contributed by atoms with Crippen LogP contribution in [0.4, 0.5) is 0 Å². The van der Waals surface area contributed by atoms with E-state index in [2.05, 4.69) is 29.9 Å². The molecule has 254 valence electrons. The molecule has 0 saturated heterocycles. The Morgan fingerprint density at radius 1 is 0.750 bits per heavy atom. The average Bonchev–Trinajstić information content (AvgIpc) is 3.70. The fourth-order valence-corrected chi connectivity index (χ4v) is 7.94. The minimum Gasteiger partial charge on any atom is -0.496 e. The number of aryl methyl sites for hydroxylation is 2. The van der Waals surface area contributed by atoms with Gasteiger partial charge in [-0.1, -0.05) is 34.2 Å². The Kier molecular flexibility index (Phi) is 11.0. The number of aromatic nitrogens is 6. The Labute approximate surface area is 285 Å². The molecule has 0 radical (unpaired) electrons. The van der Waals surface area contributed by atoms with Gasteiger partial charge in [-0.05, 0) is 69.3 Å². The van der Waals surface area contributed by atoms with Gasteiger partial charge in [0.15, 0.2) is 10.3 Å². The van der Waals surface area contributed by atoms with Crippen LogP contribution < -0.4 is 9.47 Å². The lowest BCUT2D eigenvalue weighted by Crippen LogP contribution is -2.07. The summed E-state index contributed by atoms with van der Waals surface area (Å²) >= 11 is 1.60. The molecule has 1 unspecified atom stereocenters. The normalized spacial score (nSPS) is 13.2. The maximum Gasteiger partial charge on any atom is 0.171 e. The van der Waals surface area contributed by atoms with Gasteiger partial charge in [0.1, 0.15) is 11.5 Å². The number of methoxy groups -OCH3 is 2. The number of hydrogen-bond donors (Lipinski definition) is 5. The van der Waals surface area contributed by atoms with Crippen LogP contribution in [0.15, 0.2) is 59.1 Å². The number of aromatic amines is 2. The van der Waals surface area contributed by atoms with Gasteiger partial charge in [0.2, 0.25) is 0 Å². The molecule has 1 atom stereocenters. The van der Waals surface area contributed by atoms with Gasteiger partial charge in [0.25, 0.3) is 0 Å². The quantitative estimate of drug-likeness (QED) is 0.0955. The first-order valence-corrected chi connectivity index (χ1v) is 18.4. The molecule has 2 aromatic carbocycles. The molecule has 11 nitrogen and oxygen atoms in total. The summed E-state index contributed by atoms with van der Waals surface area (Å²) in [6.07, 6.45) is 5.40. The van der Waals surface area contributed by atoms with Crippen molar-refractivity contribution in [2.75, 3.05) is 20.5 Å². The van der Waals surface area contributed by atoms with Gasteiger partial charge in [-0.2, -0.15) is 0 Å². The van der Waals surface area contributed by atoms with Crippen LogP contribution in [0, 0.1) is 27.7 Å². The number of hydrogen-bond acceptors (Lipinski definition) is 10. The van der Waals surface area contributed by atoms with Crippen LogP contribution in [0.3, 0.4) is 0 Å². The van der Waals surface area contributed by atoms with Crippen LogP contribution in [0.2, 0.25) is 0 Å². The second-order valence-electron chi connectivity index (χ2n) is 11.7. The zero-order valence-corrected chi connectivity index (χ0v) is 29.8. The Morgan fingerprint density at radius 2 is 1.27 bits per heavy atom. The lowest BCUT2D eigenvalue weighted by atomic mass is 10.1. The molecule has 4 aromatic heterocycles. The van der Waals surface area contributed by atoms with Crippen molar-refractivity contribution >= 4 is 44.1 Å². The molecule has 4 heterocycles. The number of benzene rings is 2. The van der Waals surface area contributed by atoms with E-state index in [9.17, 15) is 14.8 Å². The number of pyridine rings is 2. The van der Waals surface area contributed by atoms with E-state index in [0.29, 0.717) is 10.9 Å². The molecule has 0 aliphatic rings. The number of aliphatic hydroxyl groups excluding tert-OH is 2. The molecule has 0 fully saturated rings. The standard InChI is InChI=1S/C18H23N3O3S.C17H19N3O2S/c1-11-8-19-16(12(2)17(11)24-3)10-25(4,23)18-20-14-6-5-13(9-22)7-15(14)21-18;1-10-7-18-15(11(2)16(10)22-3)9-23-17-19-13-5-4-12(8-21)6-14(13)20-17/h5-8,22-23H,9-10H2,1-4H3,(H,20,21);4-7,21H,8-9H2,1-3H3,(H,19,20). The first-order valence-electron chi connectivity index (χ1n) is 15.3. The maximum atomic E-state index is 11.1. The van der Waals surface area contributed by atoms with Crippen molar-refractivity contribution in [3.63, 3.8) is 0 Å². The first kappa shape index (κ1) is 35.2. The topological polar surface area (TPSA) is 162 Å². The lowest BCUT2D eigenvalue weighted by molar-refractivity contribution is 0.282. The van der Waals surface area contributed by atoms with Gasteiger partial charge in [-0.3, -0.25) is 9.97 Å². The number of rotatable bonds is 10. The fourth-order valence-electron chi connectivity index (χ4n) is 5.44. The molecule has 0 saturated carbocycles. The van der Waals surface area contributed by atoms with E-state index < -0.39 is 10.3 Å². The molecule has 6 rings (SSSR count). The summed E-state index contributed by atoms with van der Waals surface area (Å²) < 4.78 is 22.0. The van der Waals surface area contributed by atoms with Gasteiger partial charge >= 0.3 is 0 Å². The highest BCUT2D eigenvalue weighted by Crippen LogP contribution is 2.50. The SMILES string of the molecule is COc1c(C)cnc(CS(C)(O)c2nc3ccc(CO)cc3[nH]2)c1C.COc1c(C)cnc(CSc2nc3ccc(CO)cc3[nH]2)c1C. The summed E-state index contributed by atoms with van der Waals surface area (Å²) in [5.41, 5.74) is 10.9. The molecular formula is C35H42N6O5S2. The Balaban J connectivity index is 0.000000188. The molecule has 0 amide bonds. The fraction of sp³-hybridized carbons (Fsp3) is 0.314. The van der Waals surface area contributed by atoms with E-state index in [1.807, 2.05) is 70.3 Å². The predicted molar refractivity (Wildman–Crippen MR) is 192 cm³/mol. The van der Waals surface area contributed by atoms with Crippen molar-refractivity contribution < 1.29 is 24.2 Å². The van der Waals surface area contributed by atoms with Crippen molar-refractivity contribution in [3.05, 3.63) is 93.6 Å². The summed E-state index contributed by atoms with van der Waals surface area (Å²) in [5, 5.41) is 19.9. The number of nitrogens with one attached hydrogen (secondary N) is 2.